The van der Waals surface area contributed by atoms with Crippen LogP contribution in [0.1, 0.15) is 15.9 Å². The summed E-state index contributed by atoms with van der Waals surface area (Å²) in [6.07, 6.45) is 0. The fourth-order valence-corrected chi connectivity index (χ4v) is 3.60. The van der Waals surface area contributed by atoms with Gasteiger partial charge in [0.2, 0.25) is 0 Å². The third-order valence-electron chi connectivity index (χ3n) is 3.81. The Bertz CT molecular complexity index is 1230. The summed E-state index contributed by atoms with van der Waals surface area (Å²) in [5, 5.41) is 3.07. The zero-order chi connectivity index (χ0) is 18.4. The second-order valence-corrected chi connectivity index (χ2v) is 6.64. The van der Waals surface area contributed by atoms with Crippen LogP contribution in [-0.2, 0) is 0 Å². The van der Waals surface area contributed by atoms with E-state index in [-0.39, 0.29) is 10.6 Å². The predicted molar refractivity (Wildman–Crippen MR) is 94.7 cm³/mol. The van der Waals surface area contributed by atoms with Crippen molar-refractivity contribution < 1.29 is 18.0 Å². The summed E-state index contributed by atoms with van der Waals surface area (Å²) >= 11 is 1.04. The number of aryl methyl sites for hydroxylation is 1. The van der Waals surface area contributed by atoms with Crippen molar-refractivity contribution in [2.24, 2.45) is 0 Å². The molecule has 26 heavy (non-hydrogen) atoms. The van der Waals surface area contributed by atoms with Crippen molar-refractivity contribution >= 4 is 43.6 Å². The Hall–Kier alpha value is -3.13. The number of benzene rings is 2. The van der Waals surface area contributed by atoms with Crippen molar-refractivity contribution in [1.82, 2.24) is 4.98 Å². The van der Waals surface area contributed by atoms with Gasteiger partial charge in [0.25, 0.3) is 5.91 Å². The summed E-state index contributed by atoms with van der Waals surface area (Å²) in [5.74, 6) is -2.95. The Morgan fingerprint density at radius 2 is 1.92 bits per heavy atom. The van der Waals surface area contributed by atoms with Crippen LogP contribution in [0.3, 0.4) is 0 Å². The molecule has 0 aliphatic carbocycles. The molecule has 2 heterocycles. The molecule has 4 rings (SSSR count). The molecule has 4 aromatic rings. The predicted octanol–water partition coefficient (Wildman–Crippen LogP) is 4.24. The van der Waals surface area contributed by atoms with E-state index in [1.165, 1.54) is 6.07 Å². The summed E-state index contributed by atoms with van der Waals surface area (Å²) < 4.78 is 33.2. The molecular formula is C18H10F2N2O3S. The minimum atomic E-state index is -0.982. The lowest BCUT2D eigenvalue weighted by Crippen LogP contribution is -2.15. The molecule has 1 N–H and O–H groups in total. The highest BCUT2D eigenvalue weighted by Gasteiger charge is 2.20. The fourth-order valence-electron chi connectivity index (χ4n) is 2.63. The van der Waals surface area contributed by atoms with Crippen LogP contribution < -0.4 is 10.9 Å². The van der Waals surface area contributed by atoms with Crippen LogP contribution in [-0.4, -0.2) is 10.9 Å². The maximum absolute atomic E-state index is 13.7. The number of hydrogen-bond donors (Lipinski definition) is 1. The van der Waals surface area contributed by atoms with E-state index in [0.29, 0.717) is 15.7 Å². The number of carbonyl (C=O) groups excluding carboxylic acids is 1. The van der Waals surface area contributed by atoms with Gasteiger partial charge >= 0.3 is 5.63 Å². The summed E-state index contributed by atoms with van der Waals surface area (Å²) in [5.41, 5.74) is 0.0527. The third-order valence-corrected chi connectivity index (χ3v) is 4.82. The smallest absolute Gasteiger partial charge is 0.363 e. The van der Waals surface area contributed by atoms with Crippen LogP contribution in [0.25, 0.3) is 21.2 Å². The van der Waals surface area contributed by atoms with Gasteiger partial charge in [-0.3, -0.25) is 10.1 Å². The fraction of sp³-hybridized carbons (Fsp3) is 0.0556. The molecule has 0 spiro atoms. The summed E-state index contributed by atoms with van der Waals surface area (Å²) in [6.45, 7) is 1.89. The van der Waals surface area contributed by atoms with Gasteiger partial charge in [-0.05, 0) is 31.2 Å². The number of thiazole rings is 1. The Labute approximate surface area is 148 Å². The highest BCUT2D eigenvalue weighted by Crippen LogP contribution is 2.31. The number of fused-ring (bicyclic) bond motifs is 3. The normalized spacial score (nSPS) is 11.2. The highest BCUT2D eigenvalue weighted by molar-refractivity contribution is 7.23. The van der Waals surface area contributed by atoms with Crippen LogP contribution in [0, 0.1) is 18.6 Å². The SMILES string of the molecule is Cc1ccc2oc(=O)c3nc(NC(=O)c4c(F)cccc4F)sc3c2c1. The van der Waals surface area contributed by atoms with Gasteiger partial charge in [-0.1, -0.05) is 29.0 Å². The van der Waals surface area contributed by atoms with Crippen molar-refractivity contribution in [1.29, 1.82) is 0 Å². The second-order valence-electron chi connectivity index (χ2n) is 5.64. The number of amides is 1. The maximum Gasteiger partial charge on any atom is 0.363 e. The first kappa shape index (κ1) is 16.3. The molecule has 8 heteroatoms. The molecule has 1 amide bonds. The molecule has 2 aromatic heterocycles. The van der Waals surface area contributed by atoms with Gasteiger partial charge in [0.15, 0.2) is 10.6 Å². The average Bonchev–Trinajstić information content (AvgIpc) is 3.00. The van der Waals surface area contributed by atoms with Crippen molar-refractivity contribution in [2.75, 3.05) is 5.32 Å². The Morgan fingerprint density at radius 3 is 2.65 bits per heavy atom. The molecule has 0 bridgehead atoms. The molecule has 2 aromatic carbocycles. The van der Waals surface area contributed by atoms with E-state index in [2.05, 4.69) is 10.3 Å². The quantitative estimate of drug-likeness (QED) is 0.534. The lowest BCUT2D eigenvalue weighted by Gasteiger charge is -2.03. The van der Waals surface area contributed by atoms with E-state index in [1.807, 2.05) is 19.1 Å². The van der Waals surface area contributed by atoms with E-state index in [9.17, 15) is 18.4 Å². The number of hydrogen-bond acceptors (Lipinski definition) is 5. The van der Waals surface area contributed by atoms with Gasteiger partial charge < -0.3 is 4.42 Å². The first-order chi connectivity index (χ1) is 12.4. The van der Waals surface area contributed by atoms with Gasteiger partial charge in [0.1, 0.15) is 22.8 Å². The van der Waals surface area contributed by atoms with Crippen LogP contribution in [0.5, 0.6) is 0 Å². The number of halogens is 2. The van der Waals surface area contributed by atoms with Crippen molar-refractivity contribution in [3.05, 3.63) is 69.6 Å². The van der Waals surface area contributed by atoms with Gasteiger partial charge in [-0.25, -0.2) is 18.6 Å². The molecule has 0 aliphatic rings. The molecule has 0 radical (unpaired) electrons. The number of nitrogens with zero attached hydrogens (tertiary/aromatic N) is 1. The zero-order valence-corrected chi connectivity index (χ0v) is 14.1. The molecule has 5 nitrogen and oxygen atoms in total. The largest absolute Gasteiger partial charge is 0.421 e. The molecule has 0 aliphatic heterocycles. The summed E-state index contributed by atoms with van der Waals surface area (Å²) in [7, 11) is 0. The number of anilines is 1. The average molecular weight is 372 g/mol. The van der Waals surface area contributed by atoms with Crippen molar-refractivity contribution in [3.8, 4) is 0 Å². The van der Waals surface area contributed by atoms with Gasteiger partial charge in [-0.2, -0.15) is 0 Å². The second kappa shape index (κ2) is 5.99. The highest BCUT2D eigenvalue weighted by atomic mass is 32.1. The Balaban J connectivity index is 1.82. The lowest BCUT2D eigenvalue weighted by atomic mass is 10.1. The minimum absolute atomic E-state index is 0.0500. The summed E-state index contributed by atoms with van der Waals surface area (Å²) in [6, 6.07) is 8.46. The topological polar surface area (TPSA) is 72.2 Å². The standard InChI is InChI=1S/C18H10F2N2O3S/c1-8-5-6-12-9(7-8)15-14(17(24)25-12)21-18(26-15)22-16(23)13-10(19)3-2-4-11(13)20/h2-7H,1H3,(H,21,22,23). The third kappa shape index (κ3) is 2.64. The number of carbonyl (C=O) groups is 1. The molecule has 0 unspecified atom stereocenters. The molecular weight excluding hydrogens is 362 g/mol. The van der Waals surface area contributed by atoms with Crippen LogP contribution in [0.2, 0.25) is 0 Å². The Morgan fingerprint density at radius 1 is 1.19 bits per heavy atom. The molecule has 0 saturated carbocycles. The first-order valence-corrected chi connectivity index (χ1v) is 8.35. The molecule has 0 fully saturated rings. The molecule has 0 saturated heterocycles. The number of rotatable bonds is 2. The van der Waals surface area contributed by atoms with Crippen molar-refractivity contribution in [3.63, 3.8) is 0 Å². The van der Waals surface area contributed by atoms with Crippen LogP contribution in [0.4, 0.5) is 13.9 Å². The first-order valence-electron chi connectivity index (χ1n) is 7.53. The van der Waals surface area contributed by atoms with E-state index < -0.39 is 28.7 Å². The number of aromatic nitrogens is 1. The monoisotopic (exact) mass is 372 g/mol. The van der Waals surface area contributed by atoms with Gasteiger partial charge in [-0.15, -0.1) is 0 Å². The lowest BCUT2D eigenvalue weighted by molar-refractivity contribution is 0.101. The zero-order valence-electron chi connectivity index (χ0n) is 13.3. The van der Waals surface area contributed by atoms with Crippen molar-refractivity contribution in [2.45, 2.75) is 6.92 Å². The van der Waals surface area contributed by atoms with Crippen LogP contribution >= 0.6 is 11.3 Å². The van der Waals surface area contributed by atoms with E-state index in [4.69, 9.17) is 4.42 Å². The maximum atomic E-state index is 13.7. The summed E-state index contributed by atoms with van der Waals surface area (Å²) in [4.78, 5) is 28.4. The minimum Gasteiger partial charge on any atom is -0.421 e. The molecule has 130 valence electrons. The van der Waals surface area contributed by atoms with E-state index in [0.717, 1.165) is 29.0 Å². The molecule has 0 atom stereocenters. The van der Waals surface area contributed by atoms with Crippen LogP contribution in [0.15, 0.2) is 45.6 Å². The van der Waals surface area contributed by atoms with Gasteiger partial charge in [0.05, 0.1) is 4.70 Å². The number of nitrogens with one attached hydrogen (secondary N) is 1. The van der Waals surface area contributed by atoms with E-state index in [1.54, 1.807) is 6.07 Å². The Kier molecular flexibility index (Phi) is 3.77. The van der Waals surface area contributed by atoms with E-state index >= 15 is 0 Å². The van der Waals surface area contributed by atoms with Gasteiger partial charge in [0, 0.05) is 5.39 Å².